The van der Waals surface area contributed by atoms with Crippen molar-refractivity contribution < 1.29 is 25.4 Å². The number of nitrogens with one attached hydrogen (secondary N) is 1. The average Bonchev–Trinajstić information content (AvgIpc) is 2.85. The van der Waals surface area contributed by atoms with Gasteiger partial charge in [0.05, 0.1) is 11.4 Å². The van der Waals surface area contributed by atoms with Crippen molar-refractivity contribution in [2.75, 3.05) is 11.0 Å². The monoisotopic (exact) mass is 297 g/mol. The highest BCUT2D eigenvalue weighted by molar-refractivity contribution is 7.99. The zero-order valence-electron chi connectivity index (χ0n) is 9.85. The van der Waals surface area contributed by atoms with Gasteiger partial charge in [-0.2, -0.15) is 0 Å². The number of aliphatic carboxylic acids is 1. The van der Waals surface area contributed by atoms with E-state index < -0.39 is 5.97 Å². The number of rotatable bonds is 5. The van der Waals surface area contributed by atoms with Crippen LogP contribution in [0.4, 0.5) is 5.69 Å². The van der Waals surface area contributed by atoms with Gasteiger partial charge in [-0.25, -0.2) is 4.98 Å². The van der Waals surface area contributed by atoms with E-state index in [0.717, 1.165) is 17.8 Å². The largest absolute Gasteiger partial charge is 0.872 e. The van der Waals surface area contributed by atoms with Gasteiger partial charge >= 0.3 is 5.97 Å². The SMILES string of the molecule is O=C(O)CSc1n[nH]c(-c2cc(N(O)O)ccc2[O-])n1. The van der Waals surface area contributed by atoms with Gasteiger partial charge in [0, 0.05) is 5.56 Å². The maximum absolute atomic E-state index is 11.7. The van der Waals surface area contributed by atoms with Crippen molar-refractivity contribution in [1.82, 2.24) is 15.2 Å². The molecule has 0 unspecified atom stereocenters. The number of thioether (sulfide) groups is 1. The number of aromatic nitrogens is 3. The second-order valence-corrected chi connectivity index (χ2v) is 4.56. The lowest BCUT2D eigenvalue weighted by Gasteiger charge is -2.14. The molecule has 0 bridgehead atoms. The van der Waals surface area contributed by atoms with Crippen LogP contribution in [0.25, 0.3) is 11.4 Å². The first-order valence-electron chi connectivity index (χ1n) is 5.23. The number of nitrogens with zero attached hydrogens (tertiary/aromatic N) is 3. The van der Waals surface area contributed by atoms with E-state index in [2.05, 4.69) is 15.2 Å². The lowest BCUT2D eigenvalue weighted by atomic mass is 10.1. The Bertz CT molecular complexity index is 630. The molecule has 2 rings (SSSR count). The van der Waals surface area contributed by atoms with Crippen molar-refractivity contribution in [1.29, 1.82) is 0 Å². The van der Waals surface area contributed by atoms with Gasteiger partial charge in [0.2, 0.25) is 5.16 Å². The minimum Gasteiger partial charge on any atom is -0.872 e. The molecule has 106 valence electrons. The fourth-order valence-electron chi connectivity index (χ4n) is 1.39. The van der Waals surface area contributed by atoms with E-state index in [1.165, 1.54) is 12.1 Å². The Morgan fingerprint density at radius 3 is 2.85 bits per heavy atom. The summed E-state index contributed by atoms with van der Waals surface area (Å²) in [4.78, 5) is 14.4. The molecule has 0 saturated heterocycles. The second kappa shape index (κ2) is 5.77. The average molecular weight is 297 g/mol. The van der Waals surface area contributed by atoms with Crippen LogP contribution in [0.5, 0.6) is 5.75 Å². The molecule has 9 nitrogen and oxygen atoms in total. The van der Waals surface area contributed by atoms with Crippen molar-refractivity contribution >= 4 is 23.4 Å². The number of H-pyrrole nitrogens is 1. The Kier molecular flexibility index (Phi) is 4.08. The van der Waals surface area contributed by atoms with Gasteiger partial charge in [-0.05, 0) is 12.1 Å². The minimum absolute atomic E-state index is 0.0178. The molecule has 0 saturated carbocycles. The highest BCUT2D eigenvalue weighted by Crippen LogP contribution is 2.29. The number of hydrogen-bond acceptors (Lipinski definition) is 8. The summed E-state index contributed by atoms with van der Waals surface area (Å²) >= 11 is 0.896. The maximum Gasteiger partial charge on any atom is 0.313 e. The summed E-state index contributed by atoms with van der Waals surface area (Å²) in [5, 5.41) is 44.4. The summed E-state index contributed by atoms with van der Waals surface area (Å²) < 4.78 is 0. The fraction of sp³-hybridized carbons (Fsp3) is 0.100. The van der Waals surface area contributed by atoms with Crippen molar-refractivity contribution in [3.05, 3.63) is 18.2 Å². The number of carboxylic acids is 1. The molecule has 4 N–H and O–H groups in total. The number of benzene rings is 1. The lowest BCUT2D eigenvalue weighted by molar-refractivity contribution is -0.267. The standard InChI is InChI=1S/C10H10N4O5S/c15-7-2-1-5(14(18)19)3-6(7)9-11-10(13-12-9)20-4-8(16)17/h1-3,15,18-19H,4H2,(H,16,17)(H,11,12,13)/p-1. The van der Waals surface area contributed by atoms with Gasteiger partial charge in [0.1, 0.15) is 0 Å². The van der Waals surface area contributed by atoms with E-state index in [1.54, 1.807) is 0 Å². The zero-order chi connectivity index (χ0) is 14.7. The van der Waals surface area contributed by atoms with Gasteiger partial charge in [0.25, 0.3) is 0 Å². The highest BCUT2D eigenvalue weighted by atomic mass is 32.2. The fourth-order valence-corrected chi connectivity index (χ4v) is 1.90. The van der Waals surface area contributed by atoms with E-state index in [1.807, 2.05) is 0 Å². The quantitative estimate of drug-likeness (QED) is 0.452. The van der Waals surface area contributed by atoms with Crippen LogP contribution in [-0.4, -0.2) is 42.4 Å². The Balaban J connectivity index is 2.27. The van der Waals surface area contributed by atoms with Gasteiger partial charge in [-0.1, -0.05) is 23.6 Å². The predicted octanol–water partition coefficient (Wildman–Crippen LogP) is 0.307. The van der Waals surface area contributed by atoms with Crippen molar-refractivity contribution in [3.63, 3.8) is 0 Å². The molecular formula is C10H9N4O5S-. The van der Waals surface area contributed by atoms with Gasteiger partial charge < -0.3 is 10.2 Å². The summed E-state index contributed by atoms with van der Waals surface area (Å²) in [7, 11) is 0. The normalized spacial score (nSPS) is 10.5. The smallest absolute Gasteiger partial charge is 0.313 e. The third-order valence-electron chi connectivity index (χ3n) is 2.24. The van der Waals surface area contributed by atoms with Gasteiger partial charge in [0.15, 0.2) is 5.82 Å². The lowest BCUT2D eigenvalue weighted by Crippen LogP contribution is -2.11. The Labute approximate surface area is 116 Å². The number of hydrogen-bond donors (Lipinski definition) is 4. The molecule has 2 aromatic rings. The van der Waals surface area contributed by atoms with Crippen LogP contribution in [0, 0.1) is 0 Å². The van der Waals surface area contributed by atoms with Crippen LogP contribution in [0.1, 0.15) is 0 Å². The van der Waals surface area contributed by atoms with E-state index in [4.69, 9.17) is 15.5 Å². The van der Waals surface area contributed by atoms with Crippen LogP contribution < -0.4 is 10.3 Å². The van der Waals surface area contributed by atoms with Crippen molar-refractivity contribution in [3.8, 4) is 17.1 Å². The Hall–Kier alpha value is -2.30. The summed E-state index contributed by atoms with van der Waals surface area (Å²) in [6.45, 7) is 0. The van der Waals surface area contributed by atoms with E-state index >= 15 is 0 Å². The van der Waals surface area contributed by atoms with Crippen LogP contribution in [0.3, 0.4) is 0 Å². The van der Waals surface area contributed by atoms with Crippen LogP contribution in [-0.2, 0) is 4.79 Å². The highest BCUT2D eigenvalue weighted by Gasteiger charge is 2.10. The van der Waals surface area contributed by atoms with Crippen LogP contribution >= 0.6 is 11.8 Å². The van der Waals surface area contributed by atoms with Gasteiger partial charge in [-0.3, -0.25) is 20.3 Å². The second-order valence-electron chi connectivity index (χ2n) is 3.62. The summed E-state index contributed by atoms with van der Waals surface area (Å²) in [6, 6.07) is 3.59. The number of aromatic amines is 1. The molecule has 1 aromatic heterocycles. The number of carbonyl (C=O) groups is 1. The first-order valence-corrected chi connectivity index (χ1v) is 6.22. The molecule has 0 aliphatic carbocycles. The maximum atomic E-state index is 11.7. The molecule has 0 radical (unpaired) electrons. The molecule has 0 aliphatic rings. The first kappa shape index (κ1) is 14.1. The third kappa shape index (κ3) is 3.17. The van der Waals surface area contributed by atoms with E-state index in [-0.39, 0.29) is 39.0 Å². The van der Waals surface area contributed by atoms with Gasteiger partial charge in [-0.15, -0.1) is 10.3 Å². The molecular weight excluding hydrogens is 288 g/mol. The van der Waals surface area contributed by atoms with Crippen LogP contribution in [0.2, 0.25) is 0 Å². The molecule has 1 heterocycles. The Morgan fingerprint density at radius 1 is 1.45 bits per heavy atom. The molecule has 0 amide bonds. The molecule has 0 fully saturated rings. The first-order chi connectivity index (χ1) is 9.47. The molecule has 20 heavy (non-hydrogen) atoms. The van der Waals surface area contributed by atoms with Crippen LogP contribution in [0.15, 0.2) is 23.4 Å². The van der Waals surface area contributed by atoms with E-state index in [0.29, 0.717) is 0 Å². The molecule has 0 spiro atoms. The molecule has 0 aliphatic heterocycles. The minimum atomic E-state index is -1.01. The third-order valence-corrected chi connectivity index (χ3v) is 3.07. The summed E-state index contributed by atoms with van der Waals surface area (Å²) in [6.07, 6.45) is 0. The summed E-state index contributed by atoms with van der Waals surface area (Å²) in [5.41, 5.74) is 0.0704. The number of anilines is 1. The summed E-state index contributed by atoms with van der Waals surface area (Å²) in [5.74, 6) is -1.49. The molecule has 0 atom stereocenters. The topological polar surface area (TPSA) is 146 Å². The van der Waals surface area contributed by atoms with E-state index in [9.17, 15) is 9.90 Å². The molecule has 1 aromatic carbocycles. The predicted molar refractivity (Wildman–Crippen MR) is 65.7 cm³/mol. The zero-order valence-corrected chi connectivity index (χ0v) is 10.7. The molecule has 10 heteroatoms. The Morgan fingerprint density at radius 2 is 2.20 bits per heavy atom. The van der Waals surface area contributed by atoms with Crippen molar-refractivity contribution in [2.24, 2.45) is 0 Å². The van der Waals surface area contributed by atoms with Crippen molar-refractivity contribution in [2.45, 2.75) is 5.16 Å². The number of carboxylic acid groups (broad SMARTS) is 1.